The first-order valence-corrected chi connectivity index (χ1v) is 7.05. The molecule has 0 bridgehead atoms. The summed E-state index contributed by atoms with van der Waals surface area (Å²) >= 11 is 6.17. The van der Waals surface area contributed by atoms with E-state index in [1.54, 1.807) is 0 Å². The quantitative estimate of drug-likeness (QED) is 0.820. The van der Waals surface area contributed by atoms with E-state index in [0.29, 0.717) is 6.54 Å². The van der Waals surface area contributed by atoms with E-state index in [2.05, 4.69) is 23.5 Å². The van der Waals surface area contributed by atoms with Crippen molar-refractivity contribution in [3.05, 3.63) is 52.3 Å². The molecular weight excluding hydrogens is 258 g/mol. The molecule has 3 nitrogen and oxygen atoms in total. The summed E-state index contributed by atoms with van der Waals surface area (Å²) in [7, 11) is 0. The first-order chi connectivity index (χ1) is 9.20. The third-order valence-electron chi connectivity index (χ3n) is 3.08. The predicted molar refractivity (Wildman–Crippen MR) is 79.5 cm³/mol. The van der Waals surface area contributed by atoms with Gasteiger partial charge >= 0.3 is 0 Å². The molecule has 0 atom stereocenters. The molecule has 0 aliphatic heterocycles. The second kappa shape index (κ2) is 6.73. The van der Waals surface area contributed by atoms with Crippen LogP contribution in [0.2, 0.25) is 5.02 Å². The Labute approximate surface area is 119 Å². The molecule has 0 unspecified atom stereocenters. The molecule has 0 aliphatic carbocycles. The Morgan fingerprint density at radius 1 is 1.26 bits per heavy atom. The molecule has 0 amide bonds. The minimum Gasteiger partial charge on any atom is -0.313 e. The minimum absolute atomic E-state index is 0.717. The van der Waals surface area contributed by atoms with Gasteiger partial charge in [0.15, 0.2) is 0 Å². The normalized spacial score (nSPS) is 10.9. The van der Waals surface area contributed by atoms with Gasteiger partial charge in [-0.3, -0.25) is 4.68 Å². The summed E-state index contributed by atoms with van der Waals surface area (Å²) < 4.78 is 1.96. The highest BCUT2D eigenvalue weighted by Gasteiger charge is 2.06. The van der Waals surface area contributed by atoms with Crippen LogP contribution in [0.5, 0.6) is 0 Å². The number of aryl methyl sites for hydroxylation is 1. The van der Waals surface area contributed by atoms with Crippen LogP contribution >= 0.6 is 11.6 Å². The lowest BCUT2D eigenvalue weighted by Crippen LogP contribution is -2.13. The summed E-state index contributed by atoms with van der Waals surface area (Å²) in [6.07, 6.45) is 3.24. The van der Waals surface area contributed by atoms with Gasteiger partial charge in [-0.15, -0.1) is 0 Å². The molecule has 102 valence electrons. The molecule has 0 spiro atoms. The molecule has 0 saturated carbocycles. The zero-order valence-corrected chi connectivity index (χ0v) is 12.2. The van der Waals surface area contributed by atoms with Crippen molar-refractivity contribution in [1.82, 2.24) is 15.1 Å². The predicted octanol–water partition coefficient (Wildman–Crippen LogP) is 3.39. The maximum atomic E-state index is 6.17. The number of nitrogens with zero attached hydrogens (tertiary/aromatic N) is 2. The van der Waals surface area contributed by atoms with E-state index in [0.717, 1.165) is 35.8 Å². The van der Waals surface area contributed by atoms with Crippen LogP contribution < -0.4 is 5.32 Å². The number of aromatic nitrogens is 2. The van der Waals surface area contributed by atoms with Gasteiger partial charge in [-0.05, 0) is 31.5 Å². The number of rotatable bonds is 6. The van der Waals surface area contributed by atoms with E-state index < -0.39 is 0 Å². The molecule has 1 aromatic heterocycles. The van der Waals surface area contributed by atoms with Crippen LogP contribution in [0.25, 0.3) is 0 Å². The topological polar surface area (TPSA) is 29.9 Å². The van der Waals surface area contributed by atoms with Crippen LogP contribution in [0.4, 0.5) is 0 Å². The summed E-state index contributed by atoms with van der Waals surface area (Å²) in [6.45, 7) is 6.85. The third-order valence-corrected chi connectivity index (χ3v) is 3.45. The van der Waals surface area contributed by atoms with Crippen LogP contribution in [-0.4, -0.2) is 16.3 Å². The van der Waals surface area contributed by atoms with Gasteiger partial charge in [-0.25, -0.2) is 0 Å². The average molecular weight is 278 g/mol. The van der Waals surface area contributed by atoms with Gasteiger partial charge in [-0.2, -0.15) is 5.10 Å². The average Bonchev–Trinajstić information content (AvgIpc) is 2.73. The van der Waals surface area contributed by atoms with Crippen LogP contribution in [0.1, 0.15) is 30.2 Å². The van der Waals surface area contributed by atoms with E-state index >= 15 is 0 Å². The SMILES string of the molecule is CCCNCc1cn(Cc2ccccc2Cl)nc1C. The molecule has 1 aromatic carbocycles. The molecule has 0 aliphatic rings. The molecular formula is C15H20ClN3. The van der Waals surface area contributed by atoms with Crippen LogP contribution in [0, 0.1) is 6.92 Å². The van der Waals surface area contributed by atoms with E-state index in [-0.39, 0.29) is 0 Å². The first-order valence-electron chi connectivity index (χ1n) is 6.67. The summed E-state index contributed by atoms with van der Waals surface area (Å²) in [5.74, 6) is 0. The van der Waals surface area contributed by atoms with Crippen molar-refractivity contribution in [3.63, 3.8) is 0 Å². The maximum Gasteiger partial charge on any atom is 0.0674 e. The zero-order valence-electron chi connectivity index (χ0n) is 11.5. The molecule has 0 fully saturated rings. The Balaban J connectivity index is 2.06. The molecule has 0 saturated heterocycles. The van der Waals surface area contributed by atoms with Gasteiger partial charge in [0.1, 0.15) is 0 Å². The lowest BCUT2D eigenvalue weighted by Gasteiger charge is -2.04. The molecule has 0 radical (unpaired) electrons. The Morgan fingerprint density at radius 2 is 2.05 bits per heavy atom. The highest BCUT2D eigenvalue weighted by Crippen LogP contribution is 2.16. The minimum atomic E-state index is 0.717. The van der Waals surface area contributed by atoms with E-state index in [1.165, 1.54) is 5.56 Å². The van der Waals surface area contributed by atoms with Gasteiger partial charge in [0.2, 0.25) is 0 Å². The van der Waals surface area contributed by atoms with Crippen molar-refractivity contribution in [1.29, 1.82) is 0 Å². The monoisotopic (exact) mass is 277 g/mol. The summed E-state index contributed by atoms with van der Waals surface area (Å²) in [4.78, 5) is 0. The summed E-state index contributed by atoms with van der Waals surface area (Å²) in [6, 6.07) is 7.90. The Bertz CT molecular complexity index is 534. The fourth-order valence-electron chi connectivity index (χ4n) is 2.01. The molecule has 2 rings (SSSR count). The number of benzene rings is 1. The van der Waals surface area contributed by atoms with Gasteiger partial charge in [0.05, 0.1) is 12.2 Å². The van der Waals surface area contributed by atoms with Crippen molar-refractivity contribution >= 4 is 11.6 Å². The number of nitrogens with one attached hydrogen (secondary N) is 1. The van der Waals surface area contributed by atoms with E-state index in [1.807, 2.05) is 35.9 Å². The second-order valence-electron chi connectivity index (χ2n) is 4.71. The van der Waals surface area contributed by atoms with Crippen molar-refractivity contribution in [2.75, 3.05) is 6.54 Å². The maximum absolute atomic E-state index is 6.17. The zero-order chi connectivity index (χ0) is 13.7. The Kier molecular flexibility index (Phi) is 5.00. The lowest BCUT2D eigenvalue weighted by molar-refractivity contribution is 0.668. The molecule has 4 heteroatoms. The highest BCUT2D eigenvalue weighted by atomic mass is 35.5. The number of halogens is 1. The highest BCUT2D eigenvalue weighted by molar-refractivity contribution is 6.31. The standard InChI is InChI=1S/C15H20ClN3/c1-3-8-17-9-14-11-19(18-12(14)2)10-13-6-4-5-7-15(13)16/h4-7,11,17H,3,8-10H2,1-2H3. The largest absolute Gasteiger partial charge is 0.313 e. The third kappa shape index (κ3) is 3.82. The van der Waals surface area contributed by atoms with Crippen molar-refractivity contribution < 1.29 is 0 Å². The smallest absolute Gasteiger partial charge is 0.0674 e. The lowest BCUT2D eigenvalue weighted by atomic mass is 10.2. The second-order valence-corrected chi connectivity index (χ2v) is 5.11. The Morgan fingerprint density at radius 3 is 2.79 bits per heavy atom. The molecule has 19 heavy (non-hydrogen) atoms. The van der Waals surface area contributed by atoms with Crippen LogP contribution in [0.15, 0.2) is 30.5 Å². The van der Waals surface area contributed by atoms with Gasteiger partial charge < -0.3 is 5.32 Å². The van der Waals surface area contributed by atoms with E-state index in [4.69, 9.17) is 11.6 Å². The fraction of sp³-hybridized carbons (Fsp3) is 0.400. The van der Waals surface area contributed by atoms with Crippen molar-refractivity contribution in [3.8, 4) is 0 Å². The number of hydrogen-bond donors (Lipinski definition) is 1. The Hall–Kier alpha value is -1.32. The molecule has 1 heterocycles. The van der Waals surface area contributed by atoms with Crippen LogP contribution in [0.3, 0.4) is 0 Å². The van der Waals surface area contributed by atoms with Crippen molar-refractivity contribution in [2.45, 2.75) is 33.4 Å². The number of hydrogen-bond acceptors (Lipinski definition) is 2. The van der Waals surface area contributed by atoms with Crippen LogP contribution in [-0.2, 0) is 13.1 Å². The molecule has 2 aromatic rings. The van der Waals surface area contributed by atoms with Gasteiger partial charge in [0.25, 0.3) is 0 Å². The van der Waals surface area contributed by atoms with Crippen molar-refractivity contribution in [2.24, 2.45) is 0 Å². The first kappa shape index (κ1) is 14.1. The van der Waals surface area contributed by atoms with Gasteiger partial charge in [0, 0.05) is 23.3 Å². The summed E-state index contributed by atoms with van der Waals surface area (Å²) in [5, 5.41) is 8.74. The molecule has 1 N–H and O–H groups in total. The van der Waals surface area contributed by atoms with Gasteiger partial charge in [-0.1, -0.05) is 36.7 Å². The fourth-order valence-corrected chi connectivity index (χ4v) is 2.21. The van der Waals surface area contributed by atoms with E-state index in [9.17, 15) is 0 Å². The summed E-state index contributed by atoms with van der Waals surface area (Å²) in [5.41, 5.74) is 3.43.